The van der Waals surface area contributed by atoms with Crippen molar-refractivity contribution in [3.63, 3.8) is 0 Å². The monoisotopic (exact) mass is 608 g/mol. The SMILES string of the molecule is CC(C)n1c(CC[C@@H](O)C[C@@H](O)CC(=O)[O-])c(-c2ccc(F)cc2)c(-c2ccccc2)c1C(=O)NCCc1ccccc1.[Na+]. The Hall–Kier alpha value is -3.27. The molecule has 3 aromatic carbocycles. The molecule has 0 saturated heterocycles. The first-order valence-electron chi connectivity index (χ1n) is 14.6. The van der Waals surface area contributed by atoms with Gasteiger partial charge in [0.15, 0.2) is 0 Å². The van der Waals surface area contributed by atoms with Crippen LogP contribution in [0.4, 0.5) is 4.39 Å². The molecule has 0 aliphatic rings. The van der Waals surface area contributed by atoms with E-state index in [2.05, 4.69) is 5.32 Å². The summed E-state index contributed by atoms with van der Waals surface area (Å²) >= 11 is 0. The molecule has 0 radical (unpaired) electrons. The van der Waals surface area contributed by atoms with E-state index in [-0.39, 0.29) is 60.2 Å². The number of aliphatic hydroxyl groups is 2. The molecular weight excluding hydrogens is 570 g/mol. The van der Waals surface area contributed by atoms with Gasteiger partial charge in [-0.2, -0.15) is 0 Å². The number of hydrogen-bond acceptors (Lipinski definition) is 5. The van der Waals surface area contributed by atoms with Gasteiger partial charge < -0.3 is 30.0 Å². The Labute approximate surface area is 280 Å². The van der Waals surface area contributed by atoms with Crippen LogP contribution in [0.25, 0.3) is 22.3 Å². The molecule has 3 N–H and O–H groups in total. The molecule has 4 rings (SSSR count). The summed E-state index contributed by atoms with van der Waals surface area (Å²) in [4.78, 5) is 24.9. The van der Waals surface area contributed by atoms with E-state index in [1.165, 1.54) is 12.1 Å². The van der Waals surface area contributed by atoms with Crippen LogP contribution in [-0.2, 0) is 17.6 Å². The van der Waals surface area contributed by atoms with E-state index < -0.39 is 24.6 Å². The first kappa shape index (κ1) is 35.2. The molecule has 0 spiro atoms. The number of halogens is 1. The molecule has 0 bridgehead atoms. The van der Waals surface area contributed by atoms with Crippen LogP contribution in [-0.4, -0.2) is 45.4 Å². The van der Waals surface area contributed by atoms with Gasteiger partial charge in [-0.1, -0.05) is 72.8 Å². The Balaban J connectivity index is 0.00000529. The van der Waals surface area contributed by atoms with Crippen molar-refractivity contribution in [3.05, 3.63) is 108 Å². The van der Waals surface area contributed by atoms with Gasteiger partial charge in [0, 0.05) is 41.8 Å². The van der Waals surface area contributed by atoms with Crippen molar-refractivity contribution < 1.29 is 58.9 Å². The molecule has 2 atom stereocenters. The average Bonchev–Trinajstić information content (AvgIpc) is 3.32. The molecule has 9 heteroatoms. The summed E-state index contributed by atoms with van der Waals surface area (Å²) in [7, 11) is 0. The van der Waals surface area contributed by atoms with Gasteiger partial charge in [0.05, 0.1) is 12.2 Å². The van der Waals surface area contributed by atoms with Crippen molar-refractivity contribution in [3.8, 4) is 22.3 Å². The van der Waals surface area contributed by atoms with Crippen LogP contribution in [0.15, 0.2) is 84.9 Å². The Bertz CT molecular complexity index is 1510. The van der Waals surface area contributed by atoms with Gasteiger partial charge in [-0.15, -0.1) is 0 Å². The van der Waals surface area contributed by atoms with Crippen molar-refractivity contribution in [1.82, 2.24) is 9.88 Å². The van der Waals surface area contributed by atoms with Gasteiger partial charge >= 0.3 is 29.6 Å². The number of aliphatic hydroxyl groups excluding tert-OH is 2. The zero-order valence-electron chi connectivity index (χ0n) is 25.5. The summed E-state index contributed by atoms with van der Waals surface area (Å²) in [6, 6.07) is 25.4. The maximum absolute atomic E-state index is 14.1. The normalized spacial score (nSPS) is 12.4. The molecule has 44 heavy (non-hydrogen) atoms. The molecule has 1 heterocycles. The molecule has 4 aromatic rings. The van der Waals surface area contributed by atoms with Gasteiger partial charge in [-0.25, -0.2) is 4.39 Å². The average molecular weight is 609 g/mol. The van der Waals surface area contributed by atoms with E-state index >= 15 is 0 Å². The van der Waals surface area contributed by atoms with Crippen LogP contribution in [0.3, 0.4) is 0 Å². The number of carboxylic acid groups (broad SMARTS) is 1. The third-order valence-corrected chi connectivity index (χ3v) is 7.44. The van der Waals surface area contributed by atoms with Gasteiger partial charge in [0.1, 0.15) is 11.5 Å². The second kappa shape index (κ2) is 16.7. The number of nitrogens with zero attached hydrogens (tertiary/aromatic N) is 1. The van der Waals surface area contributed by atoms with Crippen molar-refractivity contribution in [2.45, 2.75) is 64.2 Å². The third-order valence-electron chi connectivity index (χ3n) is 7.44. The molecule has 226 valence electrons. The second-order valence-corrected chi connectivity index (χ2v) is 11.0. The van der Waals surface area contributed by atoms with Crippen molar-refractivity contribution in [2.24, 2.45) is 0 Å². The van der Waals surface area contributed by atoms with Crippen LogP contribution in [0, 0.1) is 5.82 Å². The van der Waals surface area contributed by atoms with Gasteiger partial charge in [-0.05, 0) is 68.4 Å². The Morgan fingerprint density at radius 1 is 0.841 bits per heavy atom. The third kappa shape index (κ3) is 9.13. The number of carbonyl (C=O) groups excluding carboxylic acids is 2. The van der Waals surface area contributed by atoms with Gasteiger partial charge in [0.25, 0.3) is 5.91 Å². The largest absolute Gasteiger partial charge is 1.00 e. The van der Waals surface area contributed by atoms with E-state index in [0.717, 1.165) is 27.9 Å². The number of amides is 1. The first-order chi connectivity index (χ1) is 20.7. The smallest absolute Gasteiger partial charge is 0.550 e. The van der Waals surface area contributed by atoms with Crippen molar-refractivity contribution in [1.29, 1.82) is 0 Å². The maximum atomic E-state index is 14.1. The number of carboxylic acids is 1. The number of aromatic nitrogens is 1. The topological polar surface area (TPSA) is 115 Å². The number of carbonyl (C=O) groups is 2. The molecule has 1 amide bonds. The number of benzene rings is 3. The summed E-state index contributed by atoms with van der Waals surface area (Å²) in [6.07, 6.45) is -1.73. The Morgan fingerprint density at radius 2 is 1.43 bits per heavy atom. The molecule has 0 aliphatic heterocycles. The quantitative estimate of drug-likeness (QED) is 0.189. The number of rotatable bonds is 14. The molecule has 0 aliphatic carbocycles. The van der Waals surface area contributed by atoms with E-state index in [1.807, 2.05) is 79.1 Å². The molecule has 7 nitrogen and oxygen atoms in total. The maximum Gasteiger partial charge on any atom is 1.00 e. The fourth-order valence-electron chi connectivity index (χ4n) is 5.55. The zero-order valence-corrected chi connectivity index (χ0v) is 27.5. The summed E-state index contributed by atoms with van der Waals surface area (Å²) < 4.78 is 16.0. The van der Waals surface area contributed by atoms with E-state index in [1.54, 1.807) is 12.1 Å². The van der Waals surface area contributed by atoms with Gasteiger partial charge in [0.2, 0.25) is 0 Å². The summed E-state index contributed by atoms with van der Waals surface area (Å²) in [5, 5.41) is 34.8. The standard InChI is InChI=1S/C35H39FN2O5.Na/c1-23(2)38-30(18-17-28(39)21-29(40)22-31(41)42)32(26-13-15-27(36)16-14-26)33(25-11-7-4-8-12-25)34(38)35(43)37-20-19-24-9-5-3-6-10-24;/h3-16,23,28-29,39-40H,17-22H2,1-2H3,(H,37,43)(H,41,42);/q;+1/p-1/t28-,29-;/m1./s1. The van der Waals surface area contributed by atoms with Crippen LogP contribution < -0.4 is 40.0 Å². The summed E-state index contributed by atoms with van der Waals surface area (Å²) in [5.41, 5.74) is 5.36. The molecule has 0 unspecified atom stereocenters. The Kier molecular flexibility index (Phi) is 13.4. The minimum absolute atomic E-state index is 0. The van der Waals surface area contributed by atoms with Crippen LogP contribution >= 0.6 is 0 Å². The number of hydrogen-bond donors (Lipinski definition) is 3. The van der Waals surface area contributed by atoms with E-state index in [9.17, 15) is 29.3 Å². The predicted molar refractivity (Wildman–Crippen MR) is 163 cm³/mol. The second-order valence-electron chi connectivity index (χ2n) is 11.0. The summed E-state index contributed by atoms with van der Waals surface area (Å²) in [6.45, 7) is 4.39. The predicted octanol–water partition coefficient (Wildman–Crippen LogP) is 1.70. The fraction of sp³-hybridized carbons (Fsp3) is 0.314. The molecule has 1 aromatic heterocycles. The van der Waals surface area contributed by atoms with Crippen LogP contribution in [0.5, 0.6) is 0 Å². The molecule has 0 saturated carbocycles. The van der Waals surface area contributed by atoms with Crippen molar-refractivity contribution in [2.75, 3.05) is 6.54 Å². The van der Waals surface area contributed by atoms with Gasteiger partial charge in [-0.3, -0.25) is 4.79 Å². The molecule has 0 fully saturated rings. The number of nitrogens with one attached hydrogen (secondary N) is 1. The van der Waals surface area contributed by atoms with Crippen LogP contribution in [0.1, 0.15) is 60.9 Å². The summed E-state index contributed by atoms with van der Waals surface area (Å²) in [5.74, 6) is -2.02. The first-order valence-corrected chi connectivity index (χ1v) is 14.6. The van der Waals surface area contributed by atoms with Crippen LogP contribution in [0.2, 0.25) is 0 Å². The minimum Gasteiger partial charge on any atom is -0.550 e. The van der Waals surface area contributed by atoms with Crippen molar-refractivity contribution >= 4 is 11.9 Å². The fourth-order valence-corrected chi connectivity index (χ4v) is 5.55. The molecular formula is C35H38FN2NaO5. The number of aliphatic carboxylic acids is 1. The minimum atomic E-state index is -1.39. The Morgan fingerprint density at radius 3 is 2.02 bits per heavy atom. The zero-order chi connectivity index (χ0) is 30.9. The van der Waals surface area contributed by atoms with E-state index in [0.29, 0.717) is 30.6 Å². The van der Waals surface area contributed by atoms with E-state index in [4.69, 9.17) is 0 Å².